The molecule has 40 heavy (non-hydrogen) atoms. The molecule has 2 aromatic carbocycles. The standard InChI is InChI=1S/C29H34FN3O6S/c1-37-25-12-8-22(9-13-25)28(34)32(18-26-4-2-14-38-26)17-24-16-31-29(33(24)19-27-5-3-15-39-27)40(35,36)20-21-6-10-23(30)11-7-21/h6-13,16,26-27H,2-5,14-15,17-20H2,1H3/t26-,27-/m1/s1. The van der Waals surface area contributed by atoms with Crippen LogP contribution in [0, 0.1) is 5.82 Å². The summed E-state index contributed by atoms with van der Waals surface area (Å²) in [5, 5.41) is -0.0868. The van der Waals surface area contributed by atoms with E-state index in [0.717, 1.165) is 25.7 Å². The second-order valence-electron chi connectivity index (χ2n) is 10.2. The maximum atomic E-state index is 13.7. The Bertz CT molecular complexity index is 1400. The minimum Gasteiger partial charge on any atom is -0.497 e. The summed E-state index contributed by atoms with van der Waals surface area (Å²) in [6.45, 7) is 2.09. The lowest BCUT2D eigenvalue weighted by Crippen LogP contribution is -2.37. The zero-order valence-electron chi connectivity index (χ0n) is 22.5. The predicted octanol–water partition coefficient (Wildman–Crippen LogP) is 4.01. The Hall–Kier alpha value is -3.28. The van der Waals surface area contributed by atoms with Gasteiger partial charge in [-0.3, -0.25) is 4.79 Å². The molecule has 0 unspecified atom stereocenters. The first kappa shape index (κ1) is 28.3. The van der Waals surface area contributed by atoms with Crippen LogP contribution in [0.1, 0.15) is 47.3 Å². The molecule has 2 atom stereocenters. The number of hydrogen-bond acceptors (Lipinski definition) is 7. The van der Waals surface area contributed by atoms with E-state index in [1.807, 2.05) is 0 Å². The van der Waals surface area contributed by atoms with Gasteiger partial charge in [-0.25, -0.2) is 17.8 Å². The lowest BCUT2D eigenvalue weighted by molar-refractivity contribution is 0.0496. The molecule has 1 amide bonds. The zero-order chi connectivity index (χ0) is 28.1. The molecule has 2 aliphatic rings. The molecular formula is C29H34FN3O6S. The van der Waals surface area contributed by atoms with Crippen molar-refractivity contribution in [1.82, 2.24) is 14.5 Å². The van der Waals surface area contributed by atoms with E-state index in [2.05, 4.69) is 4.98 Å². The van der Waals surface area contributed by atoms with Gasteiger partial charge in [0, 0.05) is 25.3 Å². The maximum absolute atomic E-state index is 13.7. The molecule has 0 spiro atoms. The first-order valence-corrected chi connectivity index (χ1v) is 15.2. The number of aromatic nitrogens is 2. The number of carbonyl (C=O) groups excluding carboxylic acids is 1. The van der Waals surface area contributed by atoms with Gasteiger partial charge in [-0.1, -0.05) is 12.1 Å². The SMILES string of the molecule is COc1ccc(C(=O)N(Cc2cnc(S(=O)(=O)Cc3ccc(F)cc3)n2C[C@H]2CCCO2)C[C@H]2CCCO2)cc1. The lowest BCUT2D eigenvalue weighted by Gasteiger charge is -2.27. The smallest absolute Gasteiger partial charge is 0.254 e. The van der Waals surface area contributed by atoms with Crippen molar-refractivity contribution in [2.75, 3.05) is 26.9 Å². The Kier molecular flexibility index (Phi) is 8.82. The van der Waals surface area contributed by atoms with E-state index in [1.165, 1.54) is 30.5 Å². The number of nitrogens with zero attached hydrogens (tertiary/aromatic N) is 3. The number of halogens is 1. The van der Waals surface area contributed by atoms with Crippen LogP contribution in [-0.4, -0.2) is 67.9 Å². The fourth-order valence-corrected chi connectivity index (χ4v) is 6.68. The van der Waals surface area contributed by atoms with E-state index in [-0.39, 0.29) is 35.6 Å². The Morgan fingerprint density at radius 1 is 1.05 bits per heavy atom. The molecule has 5 rings (SSSR count). The molecular weight excluding hydrogens is 537 g/mol. The van der Waals surface area contributed by atoms with Gasteiger partial charge in [-0.05, 0) is 67.6 Å². The molecule has 0 bridgehead atoms. The van der Waals surface area contributed by atoms with Gasteiger partial charge in [0.1, 0.15) is 11.6 Å². The van der Waals surface area contributed by atoms with Crippen molar-refractivity contribution in [3.8, 4) is 5.75 Å². The van der Waals surface area contributed by atoms with Gasteiger partial charge in [0.05, 0.1) is 50.1 Å². The average molecular weight is 572 g/mol. The van der Waals surface area contributed by atoms with Crippen LogP contribution in [-0.2, 0) is 38.2 Å². The van der Waals surface area contributed by atoms with Gasteiger partial charge >= 0.3 is 0 Å². The third-order valence-electron chi connectivity index (χ3n) is 7.28. The summed E-state index contributed by atoms with van der Waals surface area (Å²) in [7, 11) is -2.32. The molecule has 0 N–H and O–H groups in total. The average Bonchev–Trinajstić information content (AvgIpc) is 3.73. The molecule has 2 aliphatic heterocycles. The van der Waals surface area contributed by atoms with E-state index in [4.69, 9.17) is 14.2 Å². The monoisotopic (exact) mass is 571 g/mol. The Morgan fingerprint density at radius 3 is 2.35 bits per heavy atom. The van der Waals surface area contributed by atoms with Crippen molar-refractivity contribution in [2.45, 2.75) is 61.9 Å². The number of carbonyl (C=O) groups is 1. The van der Waals surface area contributed by atoms with Crippen molar-refractivity contribution in [2.24, 2.45) is 0 Å². The van der Waals surface area contributed by atoms with Gasteiger partial charge in [0.25, 0.3) is 5.91 Å². The van der Waals surface area contributed by atoms with Gasteiger partial charge in [-0.15, -0.1) is 0 Å². The highest BCUT2D eigenvalue weighted by Crippen LogP contribution is 2.24. The number of sulfone groups is 1. The molecule has 214 valence electrons. The Balaban J connectivity index is 1.46. The van der Waals surface area contributed by atoms with Crippen molar-refractivity contribution in [3.63, 3.8) is 0 Å². The van der Waals surface area contributed by atoms with Gasteiger partial charge in [0.2, 0.25) is 15.0 Å². The number of methoxy groups -OCH3 is 1. The number of ether oxygens (including phenoxy) is 3. The zero-order valence-corrected chi connectivity index (χ0v) is 23.3. The summed E-state index contributed by atoms with van der Waals surface area (Å²) in [6, 6.07) is 12.3. The third-order valence-corrected chi connectivity index (χ3v) is 8.88. The second-order valence-corrected chi connectivity index (χ2v) is 12.1. The minimum absolute atomic E-state index is 0.0868. The van der Waals surface area contributed by atoms with Crippen LogP contribution in [0.2, 0.25) is 0 Å². The number of rotatable bonds is 11. The van der Waals surface area contributed by atoms with E-state index >= 15 is 0 Å². The van der Waals surface area contributed by atoms with Crippen molar-refractivity contribution >= 4 is 15.7 Å². The quantitative estimate of drug-likeness (QED) is 0.343. The van der Waals surface area contributed by atoms with Crippen molar-refractivity contribution in [1.29, 1.82) is 0 Å². The molecule has 9 nitrogen and oxygen atoms in total. The van der Waals surface area contributed by atoms with Crippen LogP contribution >= 0.6 is 0 Å². The molecule has 3 aromatic rings. The normalized spacial score (nSPS) is 19.1. The van der Waals surface area contributed by atoms with Crippen LogP contribution in [0.4, 0.5) is 4.39 Å². The third kappa shape index (κ3) is 6.71. The largest absolute Gasteiger partial charge is 0.497 e. The summed E-state index contributed by atoms with van der Waals surface area (Å²) >= 11 is 0. The summed E-state index contributed by atoms with van der Waals surface area (Å²) in [6.07, 6.45) is 4.75. The highest BCUT2D eigenvalue weighted by molar-refractivity contribution is 7.90. The van der Waals surface area contributed by atoms with Crippen LogP contribution in [0.15, 0.2) is 59.9 Å². The van der Waals surface area contributed by atoms with E-state index in [0.29, 0.717) is 48.9 Å². The van der Waals surface area contributed by atoms with Crippen LogP contribution in [0.3, 0.4) is 0 Å². The first-order valence-electron chi connectivity index (χ1n) is 13.5. The summed E-state index contributed by atoms with van der Waals surface area (Å²) in [5.74, 6) is -0.303. The van der Waals surface area contributed by atoms with Crippen LogP contribution < -0.4 is 4.74 Å². The fraction of sp³-hybridized carbons (Fsp3) is 0.448. The predicted molar refractivity (Wildman–Crippen MR) is 145 cm³/mol. The molecule has 2 saturated heterocycles. The molecule has 2 fully saturated rings. The van der Waals surface area contributed by atoms with E-state index in [9.17, 15) is 17.6 Å². The second kappa shape index (κ2) is 12.5. The summed E-state index contributed by atoms with van der Waals surface area (Å²) in [4.78, 5) is 19.7. The highest BCUT2D eigenvalue weighted by Gasteiger charge is 2.30. The van der Waals surface area contributed by atoms with Gasteiger partial charge in [-0.2, -0.15) is 0 Å². The summed E-state index contributed by atoms with van der Waals surface area (Å²) < 4.78 is 59.1. The fourth-order valence-electron chi connectivity index (χ4n) is 5.18. The maximum Gasteiger partial charge on any atom is 0.254 e. The topological polar surface area (TPSA) is 100.0 Å². The number of hydrogen-bond donors (Lipinski definition) is 0. The molecule has 1 aromatic heterocycles. The van der Waals surface area contributed by atoms with Gasteiger partial charge in [0.15, 0.2) is 0 Å². The molecule has 0 radical (unpaired) electrons. The number of benzene rings is 2. The lowest BCUT2D eigenvalue weighted by atomic mass is 10.1. The number of amides is 1. The highest BCUT2D eigenvalue weighted by atomic mass is 32.2. The molecule has 0 aliphatic carbocycles. The van der Waals surface area contributed by atoms with Crippen molar-refractivity contribution in [3.05, 3.63) is 77.4 Å². The molecule has 11 heteroatoms. The van der Waals surface area contributed by atoms with Crippen LogP contribution in [0.25, 0.3) is 0 Å². The Morgan fingerprint density at radius 2 is 1.73 bits per heavy atom. The summed E-state index contributed by atoms with van der Waals surface area (Å²) in [5.41, 5.74) is 1.55. The first-order chi connectivity index (χ1) is 19.3. The van der Waals surface area contributed by atoms with E-state index < -0.39 is 15.7 Å². The number of imidazole rings is 1. The van der Waals surface area contributed by atoms with Gasteiger partial charge < -0.3 is 23.7 Å². The minimum atomic E-state index is -3.88. The van der Waals surface area contributed by atoms with Crippen molar-refractivity contribution < 1.29 is 31.8 Å². The molecule has 3 heterocycles. The Labute approximate surface area is 233 Å². The van der Waals surface area contributed by atoms with Crippen LogP contribution in [0.5, 0.6) is 5.75 Å². The molecule has 0 saturated carbocycles. The van der Waals surface area contributed by atoms with E-state index in [1.54, 1.807) is 40.8 Å².